The summed E-state index contributed by atoms with van der Waals surface area (Å²) in [5.74, 6) is 1.09. The zero-order valence-electron chi connectivity index (χ0n) is 17.4. The normalized spacial score (nSPS) is 15.1. The molecule has 2 aromatic rings. The van der Waals surface area contributed by atoms with Gasteiger partial charge >= 0.3 is 0 Å². The third-order valence-electron chi connectivity index (χ3n) is 4.88. The van der Waals surface area contributed by atoms with Crippen molar-refractivity contribution in [3.8, 4) is 17.2 Å². The van der Waals surface area contributed by atoms with E-state index in [9.17, 15) is 9.59 Å². The number of carbonyl (C=O) groups is 2. The largest absolute Gasteiger partial charge is 0.493 e. The molecule has 29 heavy (non-hydrogen) atoms. The van der Waals surface area contributed by atoms with Gasteiger partial charge in [-0.2, -0.15) is 0 Å². The van der Waals surface area contributed by atoms with Crippen molar-refractivity contribution >= 4 is 23.2 Å². The molecule has 0 aliphatic carbocycles. The molecule has 0 bridgehead atoms. The summed E-state index contributed by atoms with van der Waals surface area (Å²) in [6.45, 7) is 6.43. The number of benzene rings is 2. The minimum Gasteiger partial charge on any atom is -0.493 e. The van der Waals surface area contributed by atoms with Crippen LogP contribution in [-0.4, -0.2) is 39.2 Å². The van der Waals surface area contributed by atoms with E-state index in [4.69, 9.17) is 14.2 Å². The fourth-order valence-corrected chi connectivity index (χ4v) is 3.30. The number of ether oxygens (including phenoxy) is 3. The van der Waals surface area contributed by atoms with Crippen LogP contribution in [0.25, 0.3) is 0 Å². The van der Waals surface area contributed by atoms with E-state index in [-0.39, 0.29) is 11.8 Å². The summed E-state index contributed by atoms with van der Waals surface area (Å²) in [5, 5.41) is 2.87. The number of hydrogen-bond donors (Lipinski definition) is 1. The Morgan fingerprint density at radius 2 is 1.97 bits per heavy atom. The first-order valence-corrected chi connectivity index (χ1v) is 9.43. The average molecular weight is 398 g/mol. The van der Waals surface area contributed by atoms with E-state index in [1.54, 1.807) is 41.3 Å². The first-order valence-electron chi connectivity index (χ1n) is 9.43. The van der Waals surface area contributed by atoms with Crippen LogP contribution in [0.3, 0.4) is 0 Å². The molecule has 3 rings (SSSR count). The number of hydrogen-bond acceptors (Lipinski definition) is 5. The number of methoxy groups -OCH3 is 2. The molecule has 0 saturated carbocycles. The van der Waals surface area contributed by atoms with E-state index in [0.29, 0.717) is 47.3 Å². The second-order valence-electron chi connectivity index (χ2n) is 7.40. The number of para-hydroxylation sites is 1. The lowest BCUT2D eigenvalue weighted by atomic mass is 9.93. The summed E-state index contributed by atoms with van der Waals surface area (Å²) in [7, 11) is 3.00. The van der Waals surface area contributed by atoms with Crippen molar-refractivity contribution in [1.29, 1.82) is 0 Å². The molecule has 2 aromatic carbocycles. The SMILES string of the molecule is CCN1C(=O)C(C)(C)COc2ccc(NC(=O)c3cccc(OC)c3OC)cc21. The maximum atomic E-state index is 12.9. The number of nitrogens with zero attached hydrogens (tertiary/aromatic N) is 1. The van der Waals surface area contributed by atoms with Crippen molar-refractivity contribution in [2.75, 3.05) is 37.6 Å². The van der Waals surface area contributed by atoms with Crippen LogP contribution in [0.2, 0.25) is 0 Å². The van der Waals surface area contributed by atoms with Crippen molar-refractivity contribution in [2.45, 2.75) is 20.8 Å². The van der Waals surface area contributed by atoms with E-state index in [0.717, 1.165) is 0 Å². The molecule has 1 aliphatic rings. The number of anilines is 2. The van der Waals surface area contributed by atoms with Gasteiger partial charge in [0.05, 0.1) is 30.9 Å². The Bertz CT molecular complexity index is 939. The third kappa shape index (κ3) is 3.85. The van der Waals surface area contributed by atoms with Gasteiger partial charge in [0.1, 0.15) is 12.4 Å². The molecule has 0 saturated heterocycles. The molecule has 0 atom stereocenters. The molecule has 0 spiro atoms. The lowest BCUT2D eigenvalue weighted by molar-refractivity contribution is -0.127. The Labute approximate surface area is 170 Å². The zero-order chi connectivity index (χ0) is 21.2. The molecule has 0 aromatic heterocycles. The lowest BCUT2D eigenvalue weighted by Crippen LogP contribution is -2.42. The topological polar surface area (TPSA) is 77.1 Å². The Balaban J connectivity index is 1.93. The van der Waals surface area contributed by atoms with Crippen LogP contribution in [0.15, 0.2) is 36.4 Å². The number of amides is 2. The van der Waals surface area contributed by atoms with E-state index < -0.39 is 5.41 Å². The van der Waals surface area contributed by atoms with E-state index in [2.05, 4.69) is 5.32 Å². The molecule has 154 valence electrons. The minimum absolute atomic E-state index is 0.0170. The highest BCUT2D eigenvalue weighted by Gasteiger charge is 2.37. The van der Waals surface area contributed by atoms with E-state index in [1.165, 1.54) is 14.2 Å². The molecule has 2 amide bonds. The Kier molecular flexibility index (Phi) is 5.68. The predicted molar refractivity (Wildman–Crippen MR) is 111 cm³/mol. The molecular weight excluding hydrogens is 372 g/mol. The van der Waals surface area contributed by atoms with Crippen LogP contribution in [0, 0.1) is 5.41 Å². The summed E-state index contributed by atoms with van der Waals surface area (Å²) >= 11 is 0. The molecule has 0 unspecified atom stereocenters. The molecule has 1 heterocycles. The van der Waals surface area contributed by atoms with Gasteiger partial charge in [0.25, 0.3) is 5.91 Å². The number of fused-ring (bicyclic) bond motifs is 1. The van der Waals surface area contributed by atoms with Gasteiger partial charge in [-0.3, -0.25) is 9.59 Å². The van der Waals surface area contributed by atoms with Crippen LogP contribution in [-0.2, 0) is 4.79 Å². The van der Waals surface area contributed by atoms with Gasteiger partial charge in [-0.25, -0.2) is 0 Å². The molecule has 7 nitrogen and oxygen atoms in total. The maximum Gasteiger partial charge on any atom is 0.259 e. The highest BCUT2D eigenvalue weighted by Crippen LogP contribution is 2.38. The second-order valence-corrected chi connectivity index (χ2v) is 7.40. The first-order chi connectivity index (χ1) is 13.8. The zero-order valence-corrected chi connectivity index (χ0v) is 17.4. The monoisotopic (exact) mass is 398 g/mol. The van der Waals surface area contributed by atoms with Gasteiger partial charge in [-0.15, -0.1) is 0 Å². The Morgan fingerprint density at radius 1 is 1.21 bits per heavy atom. The highest BCUT2D eigenvalue weighted by molar-refractivity contribution is 6.07. The lowest BCUT2D eigenvalue weighted by Gasteiger charge is -2.27. The van der Waals surface area contributed by atoms with Gasteiger partial charge in [0, 0.05) is 12.2 Å². The van der Waals surface area contributed by atoms with Crippen molar-refractivity contribution < 1.29 is 23.8 Å². The standard InChI is InChI=1S/C22H26N2O5/c1-6-24-16-12-14(10-11-17(16)29-13-22(2,3)21(24)26)23-20(25)15-8-7-9-18(27-4)19(15)28-5/h7-12H,6,13H2,1-5H3,(H,23,25). The smallest absolute Gasteiger partial charge is 0.259 e. The third-order valence-corrected chi connectivity index (χ3v) is 4.88. The molecule has 7 heteroatoms. The average Bonchev–Trinajstić information content (AvgIpc) is 2.81. The Hall–Kier alpha value is -3.22. The number of rotatable bonds is 5. The molecular formula is C22H26N2O5. The van der Waals surface area contributed by atoms with E-state index in [1.807, 2.05) is 20.8 Å². The van der Waals surface area contributed by atoms with Crippen molar-refractivity contribution in [2.24, 2.45) is 5.41 Å². The van der Waals surface area contributed by atoms with Crippen LogP contribution in [0.4, 0.5) is 11.4 Å². The highest BCUT2D eigenvalue weighted by atomic mass is 16.5. The van der Waals surface area contributed by atoms with Gasteiger partial charge in [-0.05, 0) is 51.1 Å². The van der Waals surface area contributed by atoms with Gasteiger partial charge in [0.15, 0.2) is 11.5 Å². The second kappa shape index (κ2) is 8.03. The van der Waals surface area contributed by atoms with Crippen molar-refractivity contribution in [1.82, 2.24) is 0 Å². The van der Waals surface area contributed by atoms with Crippen LogP contribution < -0.4 is 24.4 Å². The first kappa shape index (κ1) is 20.5. The van der Waals surface area contributed by atoms with Crippen LogP contribution in [0.5, 0.6) is 17.2 Å². The van der Waals surface area contributed by atoms with Crippen molar-refractivity contribution in [3.63, 3.8) is 0 Å². The van der Waals surface area contributed by atoms with Crippen molar-refractivity contribution in [3.05, 3.63) is 42.0 Å². The van der Waals surface area contributed by atoms with E-state index >= 15 is 0 Å². The summed E-state index contributed by atoms with van der Waals surface area (Å²) in [5.41, 5.74) is 0.904. The molecule has 1 aliphatic heterocycles. The fourth-order valence-electron chi connectivity index (χ4n) is 3.30. The summed E-state index contributed by atoms with van der Waals surface area (Å²) in [6.07, 6.45) is 0. The minimum atomic E-state index is -0.633. The van der Waals surface area contributed by atoms with Gasteiger partial charge in [-0.1, -0.05) is 6.07 Å². The van der Waals surface area contributed by atoms with Gasteiger partial charge < -0.3 is 24.4 Å². The molecule has 1 N–H and O–H groups in total. The number of carbonyl (C=O) groups excluding carboxylic acids is 2. The van der Waals surface area contributed by atoms with Gasteiger partial charge in [0.2, 0.25) is 5.91 Å². The summed E-state index contributed by atoms with van der Waals surface area (Å²) in [6, 6.07) is 10.4. The Morgan fingerprint density at radius 3 is 2.62 bits per heavy atom. The maximum absolute atomic E-state index is 12.9. The fraction of sp³-hybridized carbons (Fsp3) is 0.364. The molecule has 0 radical (unpaired) electrons. The van der Waals surface area contributed by atoms with Crippen LogP contribution in [0.1, 0.15) is 31.1 Å². The molecule has 0 fully saturated rings. The summed E-state index contributed by atoms with van der Waals surface area (Å²) in [4.78, 5) is 27.4. The predicted octanol–water partition coefficient (Wildman–Crippen LogP) is 3.73. The number of nitrogens with one attached hydrogen (secondary N) is 1. The summed E-state index contributed by atoms with van der Waals surface area (Å²) < 4.78 is 16.5. The quantitative estimate of drug-likeness (QED) is 0.831. The van der Waals surface area contributed by atoms with Crippen LogP contribution >= 0.6 is 0 Å².